The van der Waals surface area contributed by atoms with Crippen LogP contribution in [0.25, 0.3) is 0 Å². The Morgan fingerprint density at radius 2 is 1.75 bits per heavy atom. The van der Waals surface area contributed by atoms with Crippen LogP contribution in [-0.2, 0) is 6.18 Å². The highest BCUT2D eigenvalue weighted by molar-refractivity contribution is 5.54. The van der Waals surface area contributed by atoms with Crippen molar-refractivity contribution in [1.82, 2.24) is 25.6 Å². The zero-order valence-corrected chi connectivity index (χ0v) is 15.4. The molecule has 6 nitrogen and oxygen atoms in total. The van der Waals surface area contributed by atoms with Gasteiger partial charge in [-0.25, -0.2) is 4.98 Å². The number of piperidine rings is 1. The number of rotatable bonds is 4. The smallest absolute Gasteiger partial charge is 0.324 e. The van der Waals surface area contributed by atoms with Crippen LogP contribution in [0.2, 0.25) is 0 Å². The fourth-order valence-electron chi connectivity index (χ4n) is 3.69. The molecule has 0 aliphatic carbocycles. The van der Waals surface area contributed by atoms with Crippen LogP contribution in [-0.4, -0.2) is 34.6 Å². The number of hydrogen-bond acceptors (Lipinski definition) is 6. The van der Waals surface area contributed by atoms with E-state index < -0.39 is 11.7 Å². The fourth-order valence-corrected chi connectivity index (χ4v) is 3.69. The van der Waals surface area contributed by atoms with Crippen LogP contribution < -0.4 is 16.0 Å². The maximum absolute atomic E-state index is 13.0. The first-order valence-electron chi connectivity index (χ1n) is 9.63. The summed E-state index contributed by atoms with van der Waals surface area (Å²) >= 11 is 0. The fraction of sp³-hybridized carbons (Fsp3) is 0.526. The molecule has 2 aliphatic heterocycles. The molecular formula is C19H23F3N6. The SMILES string of the molecule is FC(F)(F)c1cccc(Nc2nc(C3CCNCC3)nc(C3CCCN3)n2)c1. The predicted molar refractivity (Wildman–Crippen MR) is 99.4 cm³/mol. The Bertz CT molecular complexity index is 814. The molecule has 0 radical (unpaired) electrons. The van der Waals surface area contributed by atoms with Crippen molar-refractivity contribution in [3.63, 3.8) is 0 Å². The Morgan fingerprint density at radius 1 is 0.964 bits per heavy atom. The molecule has 0 amide bonds. The summed E-state index contributed by atoms with van der Waals surface area (Å²) < 4.78 is 39.0. The van der Waals surface area contributed by atoms with Gasteiger partial charge in [0, 0.05) is 11.6 Å². The molecule has 2 saturated heterocycles. The van der Waals surface area contributed by atoms with Gasteiger partial charge in [0.2, 0.25) is 5.95 Å². The van der Waals surface area contributed by atoms with E-state index in [4.69, 9.17) is 4.98 Å². The zero-order valence-electron chi connectivity index (χ0n) is 15.4. The third-order valence-corrected chi connectivity index (χ3v) is 5.19. The second kappa shape index (κ2) is 8.00. The highest BCUT2D eigenvalue weighted by Crippen LogP contribution is 2.32. The molecule has 0 bridgehead atoms. The van der Waals surface area contributed by atoms with Gasteiger partial charge in [-0.3, -0.25) is 0 Å². The number of aromatic nitrogens is 3. The van der Waals surface area contributed by atoms with Gasteiger partial charge in [-0.15, -0.1) is 0 Å². The Hall–Kier alpha value is -2.26. The van der Waals surface area contributed by atoms with E-state index in [9.17, 15) is 13.2 Å². The van der Waals surface area contributed by atoms with Gasteiger partial charge in [0.15, 0.2) is 5.82 Å². The molecule has 3 N–H and O–H groups in total. The number of alkyl halides is 3. The summed E-state index contributed by atoms with van der Waals surface area (Å²) in [6, 6.07) is 5.13. The summed E-state index contributed by atoms with van der Waals surface area (Å²) in [5, 5.41) is 9.66. The maximum Gasteiger partial charge on any atom is 0.416 e. The van der Waals surface area contributed by atoms with Gasteiger partial charge < -0.3 is 16.0 Å². The number of nitrogens with zero attached hydrogens (tertiary/aromatic N) is 3. The lowest BCUT2D eigenvalue weighted by Crippen LogP contribution is -2.28. The van der Waals surface area contributed by atoms with Crippen molar-refractivity contribution in [2.75, 3.05) is 25.0 Å². The average Bonchev–Trinajstić information content (AvgIpc) is 3.23. The Balaban J connectivity index is 1.64. The normalized spacial score (nSPS) is 21.0. The Morgan fingerprint density at radius 3 is 2.46 bits per heavy atom. The van der Waals surface area contributed by atoms with Crippen molar-refractivity contribution in [1.29, 1.82) is 0 Å². The van der Waals surface area contributed by atoms with E-state index in [1.165, 1.54) is 6.07 Å². The van der Waals surface area contributed by atoms with Crippen molar-refractivity contribution >= 4 is 11.6 Å². The number of halogens is 3. The van der Waals surface area contributed by atoms with Gasteiger partial charge >= 0.3 is 6.18 Å². The zero-order chi connectivity index (χ0) is 19.6. The monoisotopic (exact) mass is 392 g/mol. The van der Waals surface area contributed by atoms with E-state index in [1.54, 1.807) is 6.07 Å². The van der Waals surface area contributed by atoms with Crippen molar-refractivity contribution in [2.45, 2.75) is 43.8 Å². The van der Waals surface area contributed by atoms with Crippen LogP contribution in [0.4, 0.5) is 24.8 Å². The predicted octanol–water partition coefficient (Wildman–Crippen LogP) is 3.53. The number of anilines is 2. The molecule has 4 rings (SSSR count). The van der Waals surface area contributed by atoms with Crippen LogP contribution in [0.3, 0.4) is 0 Å². The van der Waals surface area contributed by atoms with Crippen molar-refractivity contribution < 1.29 is 13.2 Å². The molecule has 2 aliphatic rings. The summed E-state index contributed by atoms with van der Waals surface area (Å²) in [7, 11) is 0. The lowest BCUT2D eigenvalue weighted by Gasteiger charge is -2.22. The average molecular weight is 392 g/mol. The molecule has 1 aromatic heterocycles. The highest BCUT2D eigenvalue weighted by Gasteiger charge is 2.30. The minimum atomic E-state index is -4.39. The summed E-state index contributed by atoms with van der Waals surface area (Å²) in [5.41, 5.74) is -0.398. The van der Waals surface area contributed by atoms with Gasteiger partial charge in [-0.05, 0) is 63.5 Å². The summed E-state index contributed by atoms with van der Waals surface area (Å²) in [5.74, 6) is 1.91. The van der Waals surface area contributed by atoms with E-state index in [2.05, 4.69) is 25.9 Å². The third-order valence-electron chi connectivity index (χ3n) is 5.19. The highest BCUT2D eigenvalue weighted by atomic mass is 19.4. The molecule has 28 heavy (non-hydrogen) atoms. The third kappa shape index (κ3) is 4.41. The summed E-state index contributed by atoms with van der Waals surface area (Å²) in [6.07, 6.45) is -0.529. The molecule has 2 aromatic rings. The Kier molecular flexibility index (Phi) is 5.45. The Labute approximate surface area is 161 Å². The van der Waals surface area contributed by atoms with Crippen LogP contribution in [0.1, 0.15) is 54.9 Å². The molecule has 1 atom stereocenters. The number of nitrogens with one attached hydrogen (secondary N) is 3. The molecule has 2 fully saturated rings. The lowest BCUT2D eigenvalue weighted by molar-refractivity contribution is -0.137. The van der Waals surface area contributed by atoms with Crippen molar-refractivity contribution in [3.8, 4) is 0 Å². The van der Waals surface area contributed by atoms with Crippen LogP contribution in [0.5, 0.6) is 0 Å². The van der Waals surface area contributed by atoms with E-state index in [0.717, 1.165) is 63.3 Å². The van der Waals surface area contributed by atoms with Gasteiger partial charge in [-0.1, -0.05) is 6.07 Å². The first kappa shape index (κ1) is 19.1. The van der Waals surface area contributed by atoms with Crippen LogP contribution in [0, 0.1) is 0 Å². The molecule has 0 spiro atoms. The first-order valence-corrected chi connectivity index (χ1v) is 9.63. The molecule has 1 unspecified atom stereocenters. The van der Waals surface area contributed by atoms with Crippen LogP contribution >= 0.6 is 0 Å². The van der Waals surface area contributed by atoms with Gasteiger partial charge in [-0.2, -0.15) is 23.1 Å². The largest absolute Gasteiger partial charge is 0.416 e. The first-order chi connectivity index (χ1) is 13.5. The van der Waals surface area contributed by atoms with E-state index >= 15 is 0 Å². The summed E-state index contributed by atoms with van der Waals surface area (Å²) in [6.45, 7) is 2.73. The molecular weight excluding hydrogens is 369 g/mol. The lowest BCUT2D eigenvalue weighted by atomic mass is 9.97. The second-order valence-corrected chi connectivity index (χ2v) is 7.25. The van der Waals surface area contributed by atoms with E-state index in [0.29, 0.717) is 17.5 Å². The minimum absolute atomic E-state index is 0.0607. The van der Waals surface area contributed by atoms with E-state index in [-0.39, 0.29) is 12.0 Å². The van der Waals surface area contributed by atoms with Crippen LogP contribution in [0.15, 0.2) is 24.3 Å². The second-order valence-electron chi connectivity index (χ2n) is 7.25. The summed E-state index contributed by atoms with van der Waals surface area (Å²) in [4.78, 5) is 13.8. The maximum atomic E-state index is 13.0. The van der Waals surface area contributed by atoms with E-state index in [1.807, 2.05) is 0 Å². The molecule has 1 aromatic carbocycles. The van der Waals surface area contributed by atoms with Crippen molar-refractivity contribution in [3.05, 3.63) is 41.5 Å². The standard InChI is InChI=1S/C19H23F3N6/c20-19(21,22)13-3-1-4-14(11-13)25-18-27-16(12-6-9-23-10-7-12)26-17(28-18)15-5-2-8-24-15/h1,3-4,11-12,15,23-24H,2,5-10H2,(H,25,26,27,28). The van der Waals surface area contributed by atoms with Gasteiger partial charge in [0.25, 0.3) is 0 Å². The molecule has 0 saturated carbocycles. The molecule has 3 heterocycles. The van der Waals surface area contributed by atoms with Crippen molar-refractivity contribution in [2.24, 2.45) is 0 Å². The number of hydrogen-bond donors (Lipinski definition) is 3. The molecule has 150 valence electrons. The quantitative estimate of drug-likeness (QED) is 0.739. The van der Waals surface area contributed by atoms with Gasteiger partial charge in [0.05, 0.1) is 11.6 Å². The molecule has 9 heteroatoms. The minimum Gasteiger partial charge on any atom is -0.324 e. The topological polar surface area (TPSA) is 74.8 Å². The van der Waals surface area contributed by atoms with Gasteiger partial charge in [0.1, 0.15) is 5.82 Å². The number of benzene rings is 1.